The van der Waals surface area contributed by atoms with Crippen molar-refractivity contribution in [1.29, 1.82) is 0 Å². The molecule has 1 unspecified atom stereocenters. The monoisotopic (exact) mass is 504 g/mol. The molecule has 0 saturated carbocycles. The van der Waals surface area contributed by atoms with Gasteiger partial charge in [-0.15, -0.1) is 0 Å². The van der Waals surface area contributed by atoms with Gasteiger partial charge >= 0.3 is 35.0 Å². The Morgan fingerprint density at radius 3 is 1.91 bits per heavy atom. The van der Waals surface area contributed by atoms with Gasteiger partial charge in [-0.1, -0.05) is 6.58 Å². The van der Waals surface area contributed by atoms with Gasteiger partial charge in [-0.25, -0.2) is 13.2 Å². The lowest BCUT2D eigenvalue weighted by atomic mass is 10.1. The second-order valence-electron chi connectivity index (χ2n) is 6.20. The number of hydrogen-bond acceptors (Lipinski definition) is 7. The molecule has 1 amide bonds. The number of rotatable bonds is 13. The van der Waals surface area contributed by atoms with Crippen molar-refractivity contribution in [1.82, 2.24) is 4.90 Å². The highest BCUT2D eigenvalue weighted by Gasteiger charge is 2.67. The van der Waals surface area contributed by atoms with Crippen LogP contribution in [0.1, 0.15) is 33.1 Å². The quantitative estimate of drug-likeness (QED) is 0.0947. The van der Waals surface area contributed by atoms with Crippen LogP contribution in [-0.2, 0) is 29.2 Å². The van der Waals surface area contributed by atoms with E-state index in [1.165, 1.54) is 13.8 Å². The number of ether oxygens (including phenoxy) is 2. The van der Waals surface area contributed by atoms with Crippen molar-refractivity contribution in [3.63, 3.8) is 0 Å². The maximum Gasteiger partial charge on any atom is 0.466 e. The topological polar surface area (TPSA) is 113 Å². The minimum atomic E-state index is -6.72. The third kappa shape index (κ3) is 6.54. The van der Waals surface area contributed by atoms with E-state index in [9.17, 15) is 53.3 Å². The van der Waals surface area contributed by atoms with Crippen LogP contribution in [0.5, 0.6) is 0 Å². The molecule has 1 atom stereocenters. The molecule has 0 N–H and O–H groups in total. The Morgan fingerprint density at radius 2 is 1.53 bits per heavy atom. The van der Waals surface area contributed by atoms with Gasteiger partial charge < -0.3 is 18.9 Å². The molecule has 0 spiro atoms. The third-order valence-corrected chi connectivity index (χ3v) is 4.97. The van der Waals surface area contributed by atoms with E-state index in [0.717, 1.165) is 0 Å². The van der Waals surface area contributed by atoms with Crippen molar-refractivity contribution < 1.29 is 62.8 Å². The van der Waals surface area contributed by atoms with Gasteiger partial charge in [-0.3, -0.25) is 4.79 Å². The summed E-state index contributed by atoms with van der Waals surface area (Å²) in [6, 6.07) is 0. The predicted molar refractivity (Wildman–Crippen MR) is 92.4 cm³/mol. The summed E-state index contributed by atoms with van der Waals surface area (Å²) in [6.07, 6.45) is -9.11. The van der Waals surface area contributed by atoms with Crippen LogP contribution in [0, 0.1) is 0 Å². The highest BCUT2D eigenvalue weighted by Crippen LogP contribution is 2.42. The molecule has 0 aromatic rings. The normalized spacial score (nSPS) is 15.1. The fourth-order valence-electron chi connectivity index (χ4n) is 2.29. The Bertz CT molecular complexity index is 782. The van der Waals surface area contributed by atoms with Crippen LogP contribution in [0.4, 0.5) is 30.7 Å². The number of alkyl halides is 7. The molecule has 0 aromatic heterocycles. The number of halogens is 7. The van der Waals surface area contributed by atoms with Crippen molar-refractivity contribution in [3.05, 3.63) is 12.7 Å². The highest BCUT2D eigenvalue weighted by atomic mass is 32.2. The molecule has 8 nitrogen and oxygen atoms in total. The van der Waals surface area contributed by atoms with E-state index in [0.29, 0.717) is 11.0 Å². The van der Waals surface area contributed by atoms with E-state index in [1.54, 1.807) is 0 Å². The molecule has 0 aromatic carbocycles. The third-order valence-electron chi connectivity index (χ3n) is 4.05. The Balaban J connectivity index is 5.59. The number of carbonyl (C=O) groups excluding carboxylic acids is 2. The second kappa shape index (κ2) is 10.8. The highest BCUT2D eigenvalue weighted by molar-refractivity contribution is 7.86. The summed E-state index contributed by atoms with van der Waals surface area (Å²) in [6.45, 7) is 3.81. The number of hydrogen-bond donors (Lipinski definition) is 0. The van der Waals surface area contributed by atoms with E-state index in [2.05, 4.69) is 16.1 Å². The summed E-state index contributed by atoms with van der Waals surface area (Å²) in [5.74, 6) is -13.0. The predicted octanol–water partition coefficient (Wildman–Crippen LogP) is 2.80. The van der Waals surface area contributed by atoms with Gasteiger partial charge in [0.25, 0.3) is 0 Å². The first-order chi connectivity index (χ1) is 14.3. The number of carbonyl (C=O) groups is 2. The first kappa shape index (κ1) is 30.1. The van der Waals surface area contributed by atoms with Crippen molar-refractivity contribution in [2.75, 3.05) is 19.7 Å². The summed E-state index contributed by atoms with van der Waals surface area (Å²) in [4.78, 5) is 24.5. The average molecular weight is 504 g/mol. The van der Waals surface area contributed by atoms with E-state index in [1.807, 2.05) is 0 Å². The van der Waals surface area contributed by atoms with E-state index in [-0.39, 0.29) is 13.1 Å². The Hall–Kier alpha value is -1.94. The van der Waals surface area contributed by atoms with Gasteiger partial charge in [0.15, 0.2) is 10.1 Å². The first-order valence-corrected chi connectivity index (χ1v) is 10.3. The molecule has 16 heteroatoms. The fraction of sp³-hybridized carbons (Fsp3) is 0.750. The zero-order valence-corrected chi connectivity index (χ0v) is 17.7. The molecule has 0 aliphatic rings. The minimum Gasteiger partial charge on any atom is -0.743 e. The maximum absolute atomic E-state index is 13.7. The molecular formula is C16H21F7NO7S-. The lowest BCUT2D eigenvalue weighted by Crippen LogP contribution is -2.62. The number of nitrogens with zero attached hydrogens (tertiary/aromatic N) is 1. The fourth-order valence-corrected chi connectivity index (χ4v) is 2.76. The van der Waals surface area contributed by atoms with Crippen molar-refractivity contribution >= 4 is 22.0 Å². The summed E-state index contributed by atoms with van der Waals surface area (Å²) in [7, 11) is -6.72. The molecule has 0 radical (unpaired) electrons. The van der Waals surface area contributed by atoms with E-state index in [4.69, 9.17) is 0 Å². The molecule has 32 heavy (non-hydrogen) atoms. The molecule has 0 aliphatic heterocycles. The second-order valence-corrected chi connectivity index (χ2v) is 7.62. The lowest BCUT2D eigenvalue weighted by molar-refractivity contribution is -0.350. The van der Waals surface area contributed by atoms with Crippen LogP contribution in [0.2, 0.25) is 0 Å². The zero-order chi connectivity index (χ0) is 25.6. The standard InChI is InChI=1S/C16H22F7NO7S/c1-4-11(25)31-14(15(19,20)21,12(26)24(5-2)6-3)30-10-8-7-9-13(17,18)16(22,23)32(27,28)29/h4H,1,5-10H2,2-3H3,(H,27,28,29)/p-1. The summed E-state index contributed by atoms with van der Waals surface area (Å²) >= 11 is 0. The summed E-state index contributed by atoms with van der Waals surface area (Å²) in [5.41, 5.74) is 0. The van der Waals surface area contributed by atoms with Gasteiger partial charge in [0.1, 0.15) is 0 Å². The molecule has 0 heterocycles. The van der Waals surface area contributed by atoms with Crippen molar-refractivity contribution in [3.8, 4) is 0 Å². The SMILES string of the molecule is C=CC(=O)OC(OCCCCC(F)(F)C(F)(F)S(=O)(=O)[O-])(C(=O)N(CC)CC)C(F)(F)F. The Kier molecular flexibility index (Phi) is 10.1. The zero-order valence-electron chi connectivity index (χ0n) is 16.9. The average Bonchev–Trinajstić information content (AvgIpc) is 2.65. The molecule has 0 saturated heterocycles. The lowest BCUT2D eigenvalue weighted by Gasteiger charge is -2.36. The number of likely N-dealkylation sites (N-methyl/N-ethyl adjacent to an activating group) is 1. The number of esters is 1. The van der Waals surface area contributed by atoms with Crippen LogP contribution >= 0.6 is 0 Å². The Labute approximate surface area is 179 Å². The molecule has 0 fully saturated rings. The van der Waals surface area contributed by atoms with Gasteiger partial charge in [-0.2, -0.15) is 30.7 Å². The molecular weight excluding hydrogens is 483 g/mol. The maximum atomic E-state index is 13.7. The van der Waals surface area contributed by atoms with Gasteiger partial charge in [0.2, 0.25) is 0 Å². The van der Waals surface area contributed by atoms with Crippen LogP contribution < -0.4 is 0 Å². The van der Waals surface area contributed by atoms with Crippen LogP contribution in [0.15, 0.2) is 12.7 Å². The van der Waals surface area contributed by atoms with E-state index < -0.39 is 71.0 Å². The molecule has 0 aliphatic carbocycles. The number of unbranched alkanes of at least 4 members (excludes halogenated alkanes) is 1. The molecule has 0 rings (SSSR count). The van der Waals surface area contributed by atoms with Crippen molar-refractivity contribution in [2.24, 2.45) is 0 Å². The first-order valence-electron chi connectivity index (χ1n) is 8.91. The smallest absolute Gasteiger partial charge is 0.466 e. The minimum absolute atomic E-state index is 0.257. The van der Waals surface area contributed by atoms with Gasteiger partial charge in [-0.05, 0) is 26.7 Å². The van der Waals surface area contributed by atoms with E-state index >= 15 is 0 Å². The summed E-state index contributed by atoms with van der Waals surface area (Å²) < 4.78 is 134. The Morgan fingerprint density at radius 1 is 1.03 bits per heavy atom. The van der Waals surface area contributed by atoms with Crippen LogP contribution in [-0.4, -0.2) is 72.6 Å². The van der Waals surface area contributed by atoms with Crippen LogP contribution in [0.3, 0.4) is 0 Å². The van der Waals surface area contributed by atoms with Crippen molar-refractivity contribution in [2.45, 2.75) is 56.3 Å². The van der Waals surface area contributed by atoms with Gasteiger partial charge in [0.05, 0.1) is 6.61 Å². The number of amides is 1. The molecule has 188 valence electrons. The largest absolute Gasteiger partial charge is 0.743 e. The summed E-state index contributed by atoms with van der Waals surface area (Å²) in [5, 5.41) is -5.95. The van der Waals surface area contributed by atoms with Gasteiger partial charge in [0, 0.05) is 25.6 Å². The van der Waals surface area contributed by atoms with Crippen LogP contribution in [0.25, 0.3) is 0 Å². The molecule has 0 bridgehead atoms.